The molecule has 0 radical (unpaired) electrons. The van der Waals surface area contributed by atoms with Crippen LogP contribution in [0, 0.1) is 18.3 Å². The average molecular weight is 501 g/mol. The lowest BCUT2D eigenvalue weighted by Gasteiger charge is -2.31. The number of nitrogens with zero attached hydrogens (tertiary/aromatic N) is 4. The third-order valence-corrected chi connectivity index (χ3v) is 7.11. The summed E-state index contributed by atoms with van der Waals surface area (Å²) in [6, 6.07) is 11.3. The number of nitriles is 1. The number of aromatic nitrogens is 1. The first-order valence-electron chi connectivity index (χ1n) is 11.2. The second kappa shape index (κ2) is 11.8. The molecule has 0 spiro atoms. The molecule has 180 valence electrons. The fourth-order valence-corrected chi connectivity index (χ4v) is 4.71. The zero-order chi connectivity index (χ0) is 24.8. The van der Waals surface area contributed by atoms with Gasteiger partial charge in [0.1, 0.15) is 0 Å². The number of fused-ring (bicyclic) bond motifs is 1. The van der Waals surface area contributed by atoms with Gasteiger partial charge in [-0.1, -0.05) is 23.2 Å². The summed E-state index contributed by atoms with van der Waals surface area (Å²) in [7, 11) is 4.08. The van der Waals surface area contributed by atoms with E-state index in [1.165, 1.54) is 0 Å². The van der Waals surface area contributed by atoms with Gasteiger partial charge in [-0.15, -0.1) is 0 Å². The number of carbonyl (C=O) groups excluding carboxylic acids is 1. The van der Waals surface area contributed by atoms with Gasteiger partial charge >= 0.3 is 0 Å². The maximum atomic E-state index is 11.1. The second-order valence-corrected chi connectivity index (χ2v) is 9.41. The smallest absolute Gasteiger partial charge is 0.151 e. The lowest BCUT2D eigenvalue weighted by Crippen LogP contribution is -2.45. The molecule has 0 atom stereocenters. The number of β-amino-alcohol motifs (C(OH)–C–C–N with tert-alkyl or cyclic N) is 1. The fourth-order valence-electron chi connectivity index (χ4n) is 4.16. The largest absolute Gasteiger partial charge is 0.395 e. The molecule has 1 aliphatic rings. The Bertz CT molecular complexity index is 1210. The Morgan fingerprint density at radius 2 is 1.82 bits per heavy atom. The van der Waals surface area contributed by atoms with Crippen LogP contribution in [0.15, 0.2) is 30.3 Å². The molecule has 8 heteroatoms. The van der Waals surface area contributed by atoms with Crippen molar-refractivity contribution in [3.05, 3.63) is 68.3 Å². The number of piperazine rings is 1. The highest BCUT2D eigenvalue weighted by molar-refractivity contribution is 6.37. The Hall–Kier alpha value is -2.40. The molecule has 1 N–H and O–H groups in total. The van der Waals surface area contributed by atoms with Crippen LogP contribution in [0.25, 0.3) is 10.9 Å². The molecule has 3 aromatic rings. The summed E-state index contributed by atoms with van der Waals surface area (Å²) in [5, 5.41) is 19.8. The van der Waals surface area contributed by atoms with Crippen molar-refractivity contribution in [1.29, 1.82) is 5.26 Å². The molecule has 34 heavy (non-hydrogen) atoms. The van der Waals surface area contributed by atoms with Crippen LogP contribution in [0.1, 0.15) is 32.7 Å². The predicted octanol–water partition coefficient (Wildman–Crippen LogP) is 4.29. The maximum Gasteiger partial charge on any atom is 0.151 e. The van der Waals surface area contributed by atoms with Gasteiger partial charge in [-0.05, 0) is 55.4 Å². The normalized spacial score (nSPS) is 14.5. The van der Waals surface area contributed by atoms with Crippen LogP contribution in [0.2, 0.25) is 10.0 Å². The molecule has 6 nitrogen and oxygen atoms in total. The Morgan fingerprint density at radius 3 is 2.44 bits per heavy atom. The molecule has 0 bridgehead atoms. The molecular weight excluding hydrogens is 471 g/mol. The monoisotopic (exact) mass is 500 g/mol. The van der Waals surface area contributed by atoms with Gasteiger partial charge in [-0.2, -0.15) is 5.26 Å². The molecule has 0 saturated carbocycles. The van der Waals surface area contributed by atoms with Crippen molar-refractivity contribution >= 4 is 40.4 Å². The molecular formula is C26H30Cl2N4O2. The number of aldehydes is 1. The maximum absolute atomic E-state index is 11.1. The quantitative estimate of drug-likeness (QED) is 0.528. The summed E-state index contributed by atoms with van der Waals surface area (Å²) in [5.41, 5.74) is 4.83. The topological polar surface area (TPSA) is 72.5 Å². The molecule has 1 fully saturated rings. The fraction of sp³-hybridized carbons (Fsp3) is 0.385. The lowest BCUT2D eigenvalue weighted by atomic mass is 10.1. The zero-order valence-electron chi connectivity index (χ0n) is 19.8. The Balaban J connectivity index is 0.000000271. The number of hydrogen-bond acceptors (Lipinski definition) is 5. The molecule has 2 aromatic carbocycles. The van der Waals surface area contributed by atoms with Crippen LogP contribution in [0.3, 0.4) is 0 Å². The van der Waals surface area contributed by atoms with Crippen molar-refractivity contribution in [1.82, 2.24) is 14.4 Å². The molecule has 1 aromatic heterocycles. The van der Waals surface area contributed by atoms with Gasteiger partial charge in [0.25, 0.3) is 0 Å². The van der Waals surface area contributed by atoms with Crippen molar-refractivity contribution < 1.29 is 9.90 Å². The Labute approximate surface area is 210 Å². The van der Waals surface area contributed by atoms with Crippen molar-refractivity contribution in [2.24, 2.45) is 7.05 Å². The van der Waals surface area contributed by atoms with Crippen LogP contribution < -0.4 is 0 Å². The summed E-state index contributed by atoms with van der Waals surface area (Å²) in [5.74, 6) is 0. The molecule has 0 unspecified atom stereocenters. The summed E-state index contributed by atoms with van der Waals surface area (Å²) in [6.07, 6.45) is 1.23. The first kappa shape index (κ1) is 26.2. The van der Waals surface area contributed by atoms with E-state index in [0.29, 0.717) is 34.2 Å². The van der Waals surface area contributed by atoms with E-state index in [0.717, 1.165) is 66.7 Å². The van der Waals surface area contributed by atoms with Gasteiger partial charge in [-0.3, -0.25) is 9.69 Å². The van der Waals surface area contributed by atoms with Gasteiger partial charge in [0, 0.05) is 73.4 Å². The standard InChI is InChI=1S/C19H14Cl2N2O.C7H16N2O/c1-11-5-12(9-22)6-18-15(11)7-14(23(18)2)8-16-17(20)4-3-13(10-24)19(16)21;1-8-2-4-9(5-3-8)6-7-10/h3-7,10H,8H2,1-2H3;10H,2-7H2,1H3. The summed E-state index contributed by atoms with van der Waals surface area (Å²) < 4.78 is 2.03. The number of carbonyl (C=O) groups is 1. The minimum atomic E-state index is 0.295. The number of halogens is 2. The number of hydrogen-bond donors (Lipinski definition) is 1. The van der Waals surface area contributed by atoms with Crippen LogP contribution in [0.5, 0.6) is 0 Å². The van der Waals surface area contributed by atoms with Gasteiger partial charge in [0.2, 0.25) is 0 Å². The summed E-state index contributed by atoms with van der Waals surface area (Å²) in [6.45, 7) is 7.62. The molecule has 1 saturated heterocycles. The number of likely N-dealkylation sites (N-methyl/N-ethyl adjacent to an activating group) is 1. The van der Waals surface area contributed by atoms with Crippen molar-refractivity contribution in [3.8, 4) is 6.07 Å². The van der Waals surface area contributed by atoms with Crippen molar-refractivity contribution in [2.75, 3.05) is 46.4 Å². The van der Waals surface area contributed by atoms with Gasteiger partial charge in [0.05, 0.1) is 23.3 Å². The molecule has 1 aliphatic heterocycles. The molecule has 0 aliphatic carbocycles. The Morgan fingerprint density at radius 1 is 1.12 bits per heavy atom. The second-order valence-electron chi connectivity index (χ2n) is 8.62. The summed E-state index contributed by atoms with van der Waals surface area (Å²) >= 11 is 12.6. The number of rotatable bonds is 5. The van der Waals surface area contributed by atoms with Crippen LogP contribution >= 0.6 is 23.2 Å². The van der Waals surface area contributed by atoms with E-state index in [1.54, 1.807) is 12.1 Å². The average Bonchev–Trinajstić information content (AvgIpc) is 3.14. The van der Waals surface area contributed by atoms with E-state index in [1.807, 2.05) is 30.7 Å². The Kier molecular flexibility index (Phi) is 9.12. The van der Waals surface area contributed by atoms with Gasteiger partial charge < -0.3 is 14.6 Å². The van der Waals surface area contributed by atoms with E-state index in [-0.39, 0.29) is 0 Å². The number of aliphatic hydroxyl groups excluding tert-OH is 1. The third-order valence-electron chi connectivity index (χ3n) is 6.31. The summed E-state index contributed by atoms with van der Waals surface area (Å²) in [4.78, 5) is 15.7. The van der Waals surface area contributed by atoms with Gasteiger partial charge in [-0.25, -0.2) is 0 Å². The van der Waals surface area contributed by atoms with Gasteiger partial charge in [0.15, 0.2) is 6.29 Å². The minimum Gasteiger partial charge on any atom is -0.395 e. The first-order chi connectivity index (χ1) is 16.3. The lowest BCUT2D eigenvalue weighted by molar-refractivity contribution is 0.112. The highest BCUT2D eigenvalue weighted by Gasteiger charge is 2.15. The number of aryl methyl sites for hydroxylation is 2. The number of aliphatic hydroxyl groups is 1. The molecule has 0 amide bonds. The molecule has 4 rings (SSSR count). The highest BCUT2D eigenvalue weighted by Crippen LogP contribution is 2.32. The number of benzene rings is 2. The van der Waals surface area contributed by atoms with E-state index >= 15 is 0 Å². The minimum absolute atomic E-state index is 0.295. The first-order valence-corrected chi connectivity index (χ1v) is 12.0. The molecule has 2 heterocycles. The van der Waals surface area contributed by atoms with E-state index < -0.39 is 0 Å². The van der Waals surface area contributed by atoms with E-state index in [4.69, 9.17) is 33.6 Å². The van der Waals surface area contributed by atoms with Crippen LogP contribution in [-0.4, -0.2) is 72.1 Å². The zero-order valence-corrected chi connectivity index (χ0v) is 21.3. The van der Waals surface area contributed by atoms with E-state index in [2.05, 4.69) is 29.0 Å². The van der Waals surface area contributed by atoms with Crippen LogP contribution in [-0.2, 0) is 13.5 Å². The van der Waals surface area contributed by atoms with E-state index in [9.17, 15) is 4.79 Å². The van der Waals surface area contributed by atoms with Crippen molar-refractivity contribution in [3.63, 3.8) is 0 Å². The predicted molar refractivity (Wildman–Crippen MR) is 138 cm³/mol. The van der Waals surface area contributed by atoms with Crippen molar-refractivity contribution in [2.45, 2.75) is 13.3 Å². The SMILES string of the molecule is CN1CCN(CCO)CC1.Cc1cc(C#N)cc2c1cc(Cc1c(Cl)ccc(C=O)c1Cl)n2C. The van der Waals surface area contributed by atoms with Crippen LogP contribution in [0.4, 0.5) is 0 Å². The highest BCUT2D eigenvalue weighted by atomic mass is 35.5. The third kappa shape index (κ3) is 5.99.